The summed E-state index contributed by atoms with van der Waals surface area (Å²) in [6, 6.07) is 0.281. The number of aromatic nitrogens is 2. The van der Waals surface area contributed by atoms with Crippen molar-refractivity contribution in [2.75, 3.05) is 18.0 Å². The van der Waals surface area contributed by atoms with Gasteiger partial charge in [-0.1, -0.05) is 13.8 Å². The van der Waals surface area contributed by atoms with Crippen LogP contribution in [0.4, 0.5) is 5.13 Å². The summed E-state index contributed by atoms with van der Waals surface area (Å²) in [6.07, 6.45) is 2.08. The van der Waals surface area contributed by atoms with Gasteiger partial charge in [0.15, 0.2) is 0 Å². The first-order chi connectivity index (χ1) is 7.20. The zero-order valence-corrected chi connectivity index (χ0v) is 10.1. The molecule has 2 rings (SSSR count). The largest absolute Gasteiger partial charge is 0.345 e. The maximum Gasteiger partial charge on any atom is 0.205 e. The van der Waals surface area contributed by atoms with Gasteiger partial charge in [0.2, 0.25) is 5.13 Å². The maximum absolute atomic E-state index is 5.99. The normalized spacial score (nSPS) is 26.2. The molecule has 0 aromatic carbocycles. The fraction of sp³-hybridized carbons (Fsp3) is 0.800. The minimum atomic E-state index is 0.281. The van der Waals surface area contributed by atoms with Crippen LogP contribution in [0.3, 0.4) is 0 Å². The van der Waals surface area contributed by atoms with Gasteiger partial charge in [0.05, 0.1) is 0 Å². The second kappa shape index (κ2) is 4.45. The van der Waals surface area contributed by atoms with Crippen molar-refractivity contribution >= 4 is 16.7 Å². The van der Waals surface area contributed by atoms with E-state index in [1.54, 1.807) is 0 Å². The molecule has 1 saturated heterocycles. The third-order valence-electron chi connectivity index (χ3n) is 2.87. The standard InChI is InChI=1S/C10H18N4S/c1-3-4-9-12-10(15-13-9)14-5-7(2)8(11)6-14/h7-8H,3-6,11H2,1-2H3. The van der Waals surface area contributed by atoms with E-state index in [0.29, 0.717) is 5.92 Å². The lowest BCUT2D eigenvalue weighted by molar-refractivity contribution is 0.566. The van der Waals surface area contributed by atoms with Gasteiger partial charge in [0, 0.05) is 37.1 Å². The average Bonchev–Trinajstić information content (AvgIpc) is 2.76. The van der Waals surface area contributed by atoms with Crippen LogP contribution < -0.4 is 10.6 Å². The van der Waals surface area contributed by atoms with Gasteiger partial charge >= 0.3 is 0 Å². The Balaban J connectivity index is 2.04. The molecular formula is C10H18N4S. The van der Waals surface area contributed by atoms with Crippen LogP contribution in [0.5, 0.6) is 0 Å². The van der Waals surface area contributed by atoms with Gasteiger partial charge in [-0.2, -0.15) is 4.37 Å². The summed E-state index contributed by atoms with van der Waals surface area (Å²) >= 11 is 1.50. The van der Waals surface area contributed by atoms with Crippen molar-refractivity contribution in [3.05, 3.63) is 5.82 Å². The molecule has 15 heavy (non-hydrogen) atoms. The van der Waals surface area contributed by atoms with Gasteiger partial charge in [-0.25, -0.2) is 4.98 Å². The van der Waals surface area contributed by atoms with Gasteiger partial charge in [0.25, 0.3) is 0 Å². The molecule has 2 heterocycles. The van der Waals surface area contributed by atoms with Crippen LogP contribution in [0, 0.1) is 5.92 Å². The van der Waals surface area contributed by atoms with E-state index in [1.165, 1.54) is 11.5 Å². The predicted octanol–water partition coefficient (Wildman–Crippen LogP) is 1.27. The first-order valence-electron chi connectivity index (χ1n) is 5.53. The molecule has 84 valence electrons. The fourth-order valence-corrected chi connectivity index (χ4v) is 2.58. The molecule has 1 aromatic rings. The molecule has 5 heteroatoms. The minimum Gasteiger partial charge on any atom is -0.345 e. The highest BCUT2D eigenvalue weighted by atomic mass is 32.1. The molecule has 0 bridgehead atoms. The molecular weight excluding hydrogens is 208 g/mol. The number of anilines is 1. The Hall–Kier alpha value is -0.680. The molecule has 2 atom stereocenters. The van der Waals surface area contributed by atoms with E-state index in [9.17, 15) is 0 Å². The third kappa shape index (κ3) is 2.29. The molecule has 0 saturated carbocycles. The molecule has 1 fully saturated rings. The van der Waals surface area contributed by atoms with Crippen molar-refractivity contribution in [1.29, 1.82) is 0 Å². The number of aryl methyl sites for hydroxylation is 1. The SMILES string of the molecule is CCCc1nsc(N2CC(C)C(N)C2)n1. The van der Waals surface area contributed by atoms with Gasteiger partial charge in [-0.05, 0) is 12.3 Å². The highest BCUT2D eigenvalue weighted by Gasteiger charge is 2.28. The number of hydrogen-bond acceptors (Lipinski definition) is 5. The van der Waals surface area contributed by atoms with Crippen molar-refractivity contribution in [3.8, 4) is 0 Å². The lowest BCUT2D eigenvalue weighted by Gasteiger charge is -2.12. The van der Waals surface area contributed by atoms with E-state index in [1.807, 2.05) is 0 Å². The van der Waals surface area contributed by atoms with Gasteiger partial charge in [0.1, 0.15) is 5.82 Å². The van der Waals surface area contributed by atoms with Crippen molar-refractivity contribution < 1.29 is 0 Å². The summed E-state index contributed by atoms with van der Waals surface area (Å²) in [5, 5.41) is 1.04. The van der Waals surface area contributed by atoms with Gasteiger partial charge in [-0.15, -0.1) is 0 Å². The summed E-state index contributed by atoms with van der Waals surface area (Å²) in [4.78, 5) is 6.78. The summed E-state index contributed by atoms with van der Waals surface area (Å²) in [5.74, 6) is 1.54. The van der Waals surface area contributed by atoms with Gasteiger partial charge < -0.3 is 10.6 Å². The van der Waals surface area contributed by atoms with Crippen LogP contribution in [-0.2, 0) is 6.42 Å². The van der Waals surface area contributed by atoms with Crippen LogP contribution >= 0.6 is 11.5 Å². The van der Waals surface area contributed by atoms with E-state index < -0.39 is 0 Å². The third-order valence-corrected chi connectivity index (χ3v) is 3.69. The molecule has 0 radical (unpaired) electrons. The predicted molar refractivity (Wildman–Crippen MR) is 63.3 cm³/mol. The number of hydrogen-bond donors (Lipinski definition) is 1. The van der Waals surface area contributed by atoms with Crippen molar-refractivity contribution in [2.24, 2.45) is 11.7 Å². The maximum atomic E-state index is 5.99. The van der Waals surface area contributed by atoms with Crippen molar-refractivity contribution in [3.63, 3.8) is 0 Å². The van der Waals surface area contributed by atoms with E-state index >= 15 is 0 Å². The van der Waals surface area contributed by atoms with E-state index in [2.05, 4.69) is 28.1 Å². The van der Waals surface area contributed by atoms with Crippen LogP contribution in [-0.4, -0.2) is 28.5 Å². The molecule has 4 nitrogen and oxygen atoms in total. The molecule has 1 aromatic heterocycles. The zero-order chi connectivity index (χ0) is 10.8. The number of nitrogens with zero attached hydrogens (tertiary/aromatic N) is 3. The highest BCUT2D eigenvalue weighted by molar-refractivity contribution is 7.09. The van der Waals surface area contributed by atoms with Crippen LogP contribution in [0.15, 0.2) is 0 Å². The van der Waals surface area contributed by atoms with Crippen LogP contribution in [0.25, 0.3) is 0 Å². The van der Waals surface area contributed by atoms with Crippen LogP contribution in [0.1, 0.15) is 26.1 Å². The van der Waals surface area contributed by atoms with E-state index in [4.69, 9.17) is 5.73 Å². The zero-order valence-electron chi connectivity index (χ0n) is 9.31. The first-order valence-corrected chi connectivity index (χ1v) is 6.31. The second-order valence-electron chi connectivity index (χ2n) is 4.29. The summed E-state index contributed by atoms with van der Waals surface area (Å²) in [5.41, 5.74) is 5.99. The molecule has 1 aliphatic rings. The van der Waals surface area contributed by atoms with E-state index in [0.717, 1.165) is 36.9 Å². The van der Waals surface area contributed by atoms with Crippen molar-refractivity contribution in [1.82, 2.24) is 9.36 Å². The summed E-state index contributed by atoms with van der Waals surface area (Å²) in [6.45, 7) is 6.27. The quantitative estimate of drug-likeness (QED) is 0.843. The molecule has 0 aliphatic carbocycles. The second-order valence-corrected chi connectivity index (χ2v) is 5.02. The Labute approximate surface area is 94.7 Å². The lowest BCUT2D eigenvalue weighted by Crippen LogP contribution is -2.28. The van der Waals surface area contributed by atoms with Gasteiger partial charge in [-0.3, -0.25) is 0 Å². The Morgan fingerprint density at radius 2 is 2.33 bits per heavy atom. The molecule has 0 spiro atoms. The lowest BCUT2D eigenvalue weighted by atomic mass is 10.1. The number of nitrogens with two attached hydrogens (primary N) is 1. The van der Waals surface area contributed by atoms with E-state index in [-0.39, 0.29) is 6.04 Å². The Morgan fingerprint density at radius 3 is 2.93 bits per heavy atom. The molecule has 1 aliphatic heterocycles. The monoisotopic (exact) mass is 226 g/mol. The fourth-order valence-electron chi connectivity index (χ4n) is 1.85. The molecule has 2 unspecified atom stereocenters. The average molecular weight is 226 g/mol. The number of rotatable bonds is 3. The Kier molecular flexibility index (Phi) is 3.21. The van der Waals surface area contributed by atoms with Crippen molar-refractivity contribution in [2.45, 2.75) is 32.7 Å². The molecule has 2 N–H and O–H groups in total. The summed E-state index contributed by atoms with van der Waals surface area (Å²) in [7, 11) is 0. The molecule has 0 amide bonds. The first kappa shape index (κ1) is 10.8. The topological polar surface area (TPSA) is 55.0 Å². The minimum absolute atomic E-state index is 0.281. The Morgan fingerprint density at radius 1 is 1.53 bits per heavy atom. The smallest absolute Gasteiger partial charge is 0.205 e. The van der Waals surface area contributed by atoms with Crippen LogP contribution in [0.2, 0.25) is 0 Å². The highest BCUT2D eigenvalue weighted by Crippen LogP contribution is 2.24. The Bertz CT molecular complexity index is 315. The summed E-state index contributed by atoms with van der Waals surface area (Å²) < 4.78 is 4.35.